The Morgan fingerprint density at radius 3 is 2.10 bits per heavy atom. The molecule has 0 aromatic rings. The second-order valence-corrected chi connectivity index (χ2v) is 7.07. The van der Waals surface area contributed by atoms with Crippen molar-refractivity contribution < 1.29 is 4.79 Å². The first-order chi connectivity index (χ1) is 10.1. The Kier molecular flexibility index (Phi) is 4.52. The molecular weight excluding hydrogens is 264 g/mol. The average molecular weight is 294 g/mol. The molecule has 3 atom stereocenters. The van der Waals surface area contributed by atoms with Crippen molar-refractivity contribution in [3.05, 3.63) is 0 Å². The Balaban J connectivity index is 1.53. The van der Waals surface area contributed by atoms with Crippen LogP contribution >= 0.6 is 0 Å². The van der Waals surface area contributed by atoms with Crippen LogP contribution in [0.3, 0.4) is 0 Å². The monoisotopic (exact) mass is 294 g/mol. The molecular formula is C16H30N4O. The fraction of sp³-hybridized carbons (Fsp3) is 0.938. The van der Waals surface area contributed by atoms with E-state index in [0.717, 1.165) is 39.3 Å². The van der Waals surface area contributed by atoms with Crippen LogP contribution < -0.4 is 5.32 Å². The zero-order valence-corrected chi connectivity index (χ0v) is 13.7. The molecule has 0 aromatic carbocycles. The summed E-state index contributed by atoms with van der Waals surface area (Å²) in [5, 5.41) is 3.33. The summed E-state index contributed by atoms with van der Waals surface area (Å²) in [6.45, 7) is 12.7. The molecule has 21 heavy (non-hydrogen) atoms. The lowest BCUT2D eigenvalue weighted by molar-refractivity contribution is -0.139. The Morgan fingerprint density at radius 1 is 1.05 bits per heavy atom. The van der Waals surface area contributed by atoms with Crippen molar-refractivity contribution in [3.63, 3.8) is 0 Å². The predicted octanol–water partition coefficient (Wildman–Crippen LogP) is 0.364. The third-order valence-electron chi connectivity index (χ3n) is 5.73. The van der Waals surface area contributed by atoms with Crippen LogP contribution in [-0.2, 0) is 4.79 Å². The number of nitrogens with one attached hydrogen (secondary N) is 1. The highest BCUT2D eigenvalue weighted by Gasteiger charge is 2.37. The summed E-state index contributed by atoms with van der Waals surface area (Å²) in [5.41, 5.74) is 0. The molecule has 3 aliphatic heterocycles. The number of hydrogen-bond donors (Lipinski definition) is 1. The molecule has 3 rings (SSSR count). The zero-order chi connectivity index (χ0) is 15.0. The second kappa shape index (κ2) is 6.23. The van der Waals surface area contributed by atoms with Gasteiger partial charge in [0.1, 0.15) is 0 Å². The first-order valence-corrected chi connectivity index (χ1v) is 8.59. The van der Waals surface area contributed by atoms with Crippen molar-refractivity contribution in [1.82, 2.24) is 20.0 Å². The molecule has 3 fully saturated rings. The summed E-state index contributed by atoms with van der Waals surface area (Å²) in [4.78, 5) is 19.8. The van der Waals surface area contributed by atoms with E-state index in [-0.39, 0.29) is 6.04 Å². The molecule has 3 aliphatic rings. The van der Waals surface area contributed by atoms with E-state index in [0.29, 0.717) is 24.0 Å². The van der Waals surface area contributed by atoms with Gasteiger partial charge in [0.05, 0.1) is 6.04 Å². The van der Waals surface area contributed by atoms with Crippen molar-refractivity contribution in [1.29, 1.82) is 0 Å². The van der Waals surface area contributed by atoms with Gasteiger partial charge in [0, 0.05) is 57.4 Å². The van der Waals surface area contributed by atoms with Gasteiger partial charge in [0.25, 0.3) is 0 Å². The second-order valence-electron chi connectivity index (χ2n) is 7.07. The van der Waals surface area contributed by atoms with Gasteiger partial charge >= 0.3 is 0 Å². The van der Waals surface area contributed by atoms with Crippen molar-refractivity contribution in [2.45, 2.75) is 57.8 Å². The minimum Gasteiger partial charge on any atom is -0.339 e. The van der Waals surface area contributed by atoms with E-state index in [2.05, 4.69) is 40.8 Å². The third kappa shape index (κ3) is 2.96. The van der Waals surface area contributed by atoms with Gasteiger partial charge in [-0.1, -0.05) is 0 Å². The summed E-state index contributed by atoms with van der Waals surface area (Å²) in [7, 11) is 0. The maximum Gasteiger partial charge on any atom is 0.239 e. The van der Waals surface area contributed by atoms with Crippen LogP contribution in [0.15, 0.2) is 0 Å². The first kappa shape index (κ1) is 15.3. The lowest BCUT2D eigenvalue weighted by atomic mass is 10.1. The van der Waals surface area contributed by atoms with Gasteiger partial charge in [-0.2, -0.15) is 0 Å². The average Bonchev–Trinajstić information content (AvgIpc) is 2.76. The lowest BCUT2D eigenvalue weighted by Crippen LogP contribution is -2.63. The molecule has 0 saturated carbocycles. The molecule has 5 heteroatoms. The molecule has 1 amide bonds. The van der Waals surface area contributed by atoms with E-state index >= 15 is 0 Å². The van der Waals surface area contributed by atoms with Gasteiger partial charge in [0.2, 0.25) is 5.91 Å². The topological polar surface area (TPSA) is 38.8 Å². The highest BCUT2D eigenvalue weighted by molar-refractivity contribution is 5.81. The maximum atomic E-state index is 12.8. The fourth-order valence-corrected chi connectivity index (χ4v) is 4.21. The van der Waals surface area contributed by atoms with Crippen molar-refractivity contribution in [2.24, 2.45) is 0 Å². The Labute approximate surface area is 128 Å². The molecule has 3 unspecified atom stereocenters. The molecule has 0 spiro atoms. The maximum absolute atomic E-state index is 12.8. The van der Waals surface area contributed by atoms with Gasteiger partial charge in [-0.05, 0) is 33.6 Å². The predicted molar refractivity (Wildman–Crippen MR) is 84.3 cm³/mol. The number of carbonyl (C=O) groups is 1. The van der Waals surface area contributed by atoms with Gasteiger partial charge < -0.3 is 10.2 Å². The SMILES string of the molecule is CC1CCC(C)N1C(C)C(=O)N1CCN(C2CNC2)CC1. The highest BCUT2D eigenvalue weighted by atomic mass is 16.2. The van der Waals surface area contributed by atoms with E-state index in [1.807, 2.05) is 0 Å². The number of hydrogen-bond acceptors (Lipinski definition) is 4. The third-order valence-corrected chi connectivity index (χ3v) is 5.73. The molecule has 120 valence electrons. The van der Waals surface area contributed by atoms with Gasteiger partial charge in [-0.3, -0.25) is 14.6 Å². The molecule has 0 aliphatic carbocycles. The van der Waals surface area contributed by atoms with Crippen LogP contribution in [0.5, 0.6) is 0 Å². The molecule has 3 heterocycles. The van der Waals surface area contributed by atoms with E-state index in [9.17, 15) is 4.79 Å². The van der Waals surface area contributed by atoms with E-state index in [1.165, 1.54) is 12.8 Å². The van der Waals surface area contributed by atoms with Crippen LogP contribution in [0.4, 0.5) is 0 Å². The Bertz CT molecular complexity index is 366. The largest absolute Gasteiger partial charge is 0.339 e. The minimum absolute atomic E-state index is 0.0365. The van der Waals surface area contributed by atoms with Crippen LogP contribution in [0.25, 0.3) is 0 Å². The van der Waals surface area contributed by atoms with Crippen LogP contribution in [0.2, 0.25) is 0 Å². The van der Waals surface area contributed by atoms with Crippen LogP contribution in [0, 0.1) is 0 Å². The summed E-state index contributed by atoms with van der Waals surface area (Å²) in [6, 6.07) is 1.83. The van der Waals surface area contributed by atoms with E-state index < -0.39 is 0 Å². The Hall–Kier alpha value is -0.650. The number of rotatable bonds is 3. The number of likely N-dealkylation sites (tertiary alicyclic amines) is 1. The number of piperazine rings is 1. The lowest BCUT2D eigenvalue weighted by Gasteiger charge is -2.44. The molecule has 3 saturated heterocycles. The zero-order valence-electron chi connectivity index (χ0n) is 13.7. The molecule has 1 N–H and O–H groups in total. The quantitative estimate of drug-likeness (QED) is 0.816. The van der Waals surface area contributed by atoms with Crippen LogP contribution in [-0.4, -0.2) is 84.0 Å². The van der Waals surface area contributed by atoms with Gasteiger partial charge in [0.15, 0.2) is 0 Å². The molecule has 0 radical (unpaired) electrons. The van der Waals surface area contributed by atoms with Crippen LogP contribution in [0.1, 0.15) is 33.6 Å². The summed E-state index contributed by atoms with van der Waals surface area (Å²) in [5.74, 6) is 0.335. The highest BCUT2D eigenvalue weighted by Crippen LogP contribution is 2.26. The Morgan fingerprint density at radius 2 is 1.62 bits per heavy atom. The molecule has 0 aromatic heterocycles. The summed E-state index contributed by atoms with van der Waals surface area (Å²) >= 11 is 0. The van der Waals surface area contributed by atoms with Crippen molar-refractivity contribution >= 4 is 5.91 Å². The summed E-state index contributed by atoms with van der Waals surface area (Å²) in [6.07, 6.45) is 2.45. The summed E-state index contributed by atoms with van der Waals surface area (Å²) < 4.78 is 0. The van der Waals surface area contributed by atoms with Crippen molar-refractivity contribution in [2.75, 3.05) is 39.3 Å². The molecule has 5 nitrogen and oxygen atoms in total. The standard InChI is InChI=1S/C16H30N4O/c1-12-4-5-13(2)20(12)14(3)16(21)19-8-6-18(7-9-19)15-10-17-11-15/h12-15,17H,4-11H2,1-3H3. The van der Waals surface area contributed by atoms with Crippen molar-refractivity contribution in [3.8, 4) is 0 Å². The van der Waals surface area contributed by atoms with E-state index in [4.69, 9.17) is 0 Å². The fourth-order valence-electron chi connectivity index (χ4n) is 4.21. The van der Waals surface area contributed by atoms with Gasteiger partial charge in [-0.25, -0.2) is 0 Å². The number of nitrogens with zero attached hydrogens (tertiary/aromatic N) is 3. The number of carbonyl (C=O) groups excluding carboxylic acids is 1. The van der Waals surface area contributed by atoms with Gasteiger partial charge in [-0.15, -0.1) is 0 Å². The smallest absolute Gasteiger partial charge is 0.239 e. The normalized spacial score (nSPS) is 34.0. The minimum atomic E-state index is 0.0365. The first-order valence-electron chi connectivity index (χ1n) is 8.59. The van der Waals surface area contributed by atoms with E-state index in [1.54, 1.807) is 0 Å². The number of amides is 1. The molecule has 0 bridgehead atoms.